The third kappa shape index (κ3) is 7.01. The summed E-state index contributed by atoms with van der Waals surface area (Å²) in [6.45, 7) is 2.81. The van der Waals surface area contributed by atoms with Crippen LogP contribution in [0.25, 0.3) is 0 Å². The van der Waals surface area contributed by atoms with E-state index in [0.717, 1.165) is 31.2 Å². The molecule has 1 aliphatic rings. The van der Waals surface area contributed by atoms with Crippen LogP contribution in [0.3, 0.4) is 0 Å². The number of sulfone groups is 1. The highest BCUT2D eigenvalue weighted by Gasteiger charge is 2.35. The molecule has 0 radical (unpaired) electrons. The molecule has 180 valence electrons. The summed E-state index contributed by atoms with van der Waals surface area (Å²) in [5, 5.41) is 1.01. The number of ether oxygens (including phenoxy) is 1. The van der Waals surface area contributed by atoms with Gasteiger partial charge in [0.15, 0.2) is 15.6 Å². The van der Waals surface area contributed by atoms with Crippen LogP contribution in [-0.2, 0) is 16.4 Å². The first-order chi connectivity index (χ1) is 15.7. The van der Waals surface area contributed by atoms with E-state index in [2.05, 4.69) is 6.92 Å². The molecule has 1 aliphatic heterocycles. The second kappa shape index (κ2) is 11.8. The van der Waals surface area contributed by atoms with Crippen LogP contribution in [0.15, 0.2) is 36.4 Å². The summed E-state index contributed by atoms with van der Waals surface area (Å²) < 4.78 is 30.0. The summed E-state index contributed by atoms with van der Waals surface area (Å²) in [7, 11) is -3.20. The predicted octanol–water partition coefficient (Wildman–Crippen LogP) is 6.44. The highest BCUT2D eigenvalue weighted by molar-refractivity contribution is 7.91. The molecule has 2 aromatic rings. The third-order valence-corrected chi connectivity index (χ3v) is 8.38. The summed E-state index contributed by atoms with van der Waals surface area (Å²) in [6, 6.07) is 9.80. The van der Waals surface area contributed by atoms with Crippen molar-refractivity contribution in [3.63, 3.8) is 0 Å². The molecule has 1 atom stereocenters. The number of amides is 1. The van der Waals surface area contributed by atoms with Gasteiger partial charge in [-0.25, -0.2) is 8.42 Å². The van der Waals surface area contributed by atoms with Gasteiger partial charge in [-0.2, -0.15) is 0 Å². The highest BCUT2D eigenvalue weighted by Crippen LogP contribution is 2.35. The number of hydrogen-bond acceptors (Lipinski definition) is 4. The van der Waals surface area contributed by atoms with E-state index in [4.69, 9.17) is 39.5 Å². The molecule has 2 aromatic carbocycles. The van der Waals surface area contributed by atoms with Crippen molar-refractivity contribution < 1.29 is 17.9 Å². The topological polar surface area (TPSA) is 63.7 Å². The van der Waals surface area contributed by atoms with Crippen molar-refractivity contribution in [2.24, 2.45) is 0 Å². The maximum absolute atomic E-state index is 13.5. The molecule has 33 heavy (non-hydrogen) atoms. The summed E-state index contributed by atoms with van der Waals surface area (Å²) >= 11 is 19.2. The van der Waals surface area contributed by atoms with Crippen molar-refractivity contribution >= 4 is 50.5 Å². The van der Waals surface area contributed by atoms with Gasteiger partial charge in [-0.15, -0.1) is 0 Å². The van der Waals surface area contributed by atoms with Crippen molar-refractivity contribution in [1.29, 1.82) is 0 Å². The minimum atomic E-state index is -3.20. The van der Waals surface area contributed by atoms with Crippen LogP contribution in [0.5, 0.6) is 5.75 Å². The molecular formula is C24H28Cl3NO4S. The maximum atomic E-state index is 13.5. The average molecular weight is 533 g/mol. The van der Waals surface area contributed by atoms with E-state index < -0.39 is 15.9 Å². The number of hydrogen-bond donors (Lipinski definition) is 0. The third-order valence-electron chi connectivity index (χ3n) is 5.70. The van der Waals surface area contributed by atoms with Crippen LogP contribution in [0.2, 0.25) is 15.1 Å². The molecule has 3 rings (SSSR count). The van der Waals surface area contributed by atoms with Crippen molar-refractivity contribution in [3.05, 3.63) is 62.6 Å². The average Bonchev–Trinajstić information content (AvgIpc) is 3.13. The Morgan fingerprint density at radius 3 is 2.36 bits per heavy atom. The quantitative estimate of drug-likeness (QED) is 0.331. The zero-order valence-corrected chi connectivity index (χ0v) is 21.6. The summed E-state index contributed by atoms with van der Waals surface area (Å²) in [4.78, 5) is 15.1. The Bertz CT molecular complexity index is 1070. The van der Waals surface area contributed by atoms with Gasteiger partial charge in [0.1, 0.15) is 0 Å². The van der Waals surface area contributed by atoms with E-state index in [1.165, 1.54) is 12.1 Å². The van der Waals surface area contributed by atoms with Gasteiger partial charge >= 0.3 is 0 Å². The maximum Gasteiger partial charge on any atom is 0.254 e. The molecule has 1 heterocycles. The lowest BCUT2D eigenvalue weighted by molar-refractivity contribution is 0.0681. The zero-order chi connectivity index (χ0) is 24.0. The van der Waals surface area contributed by atoms with Gasteiger partial charge in [-0.3, -0.25) is 4.79 Å². The highest BCUT2D eigenvalue weighted by atomic mass is 35.5. The van der Waals surface area contributed by atoms with E-state index >= 15 is 0 Å². The molecule has 1 fully saturated rings. The number of halogens is 3. The minimum Gasteiger partial charge on any atom is -0.490 e. The molecular weight excluding hydrogens is 505 g/mol. The second-order valence-electron chi connectivity index (χ2n) is 8.26. The lowest BCUT2D eigenvalue weighted by Crippen LogP contribution is -2.40. The fraction of sp³-hybridized carbons (Fsp3) is 0.458. The largest absolute Gasteiger partial charge is 0.490 e. The van der Waals surface area contributed by atoms with Crippen LogP contribution in [0, 0.1) is 0 Å². The van der Waals surface area contributed by atoms with Crippen LogP contribution >= 0.6 is 34.8 Å². The molecule has 0 saturated carbocycles. The van der Waals surface area contributed by atoms with Crippen molar-refractivity contribution in [2.45, 2.75) is 51.6 Å². The van der Waals surface area contributed by atoms with Crippen molar-refractivity contribution in [2.75, 3.05) is 18.1 Å². The molecule has 9 heteroatoms. The van der Waals surface area contributed by atoms with Gasteiger partial charge in [-0.05, 0) is 36.6 Å². The Balaban J connectivity index is 1.84. The number of unbranched alkanes of at least 4 members (excludes halogenated alkanes) is 3. The van der Waals surface area contributed by atoms with Gasteiger partial charge in [0.05, 0.1) is 28.2 Å². The molecule has 0 spiro atoms. The van der Waals surface area contributed by atoms with E-state index in [-0.39, 0.29) is 39.6 Å². The predicted molar refractivity (Wildman–Crippen MR) is 134 cm³/mol. The van der Waals surface area contributed by atoms with Gasteiger partial charge in [0.2, 0.25) is 0 Å². The van der Waals surface area contributed by atoms with Gasteiger partial charge in [0, 0.05) is 23.2 Å². The molecule has 0 bridgehead atoms. The fourth-order valence-electron chi connectivity index (χ4n) is 3.89. The van der Waals surface area contributed by atoms with Crippen LogP contribution in [0.1, 0.15) is 54.9 Å². The number of benzene rings is 2. The molecule has 0 aromatic heterocycles. The van der Waals surface area contributed by atoms with E-state index in [1.807, 2.05) is 12.1 Å². The Morgan fingerprint density at radius 2 is 1.76 bits per heavy atom. The van der Waals surface area contributed by atoms with Crippen LogP contribution < -0.4 is 4.74 Å². The monoisotopic (exact) mass is 531 g/mol. The first-order valence-electron chi connectivity index (χ1n) is 11.1. The van der Waals surface area contributed by atoms with E-state index in [1.54, 1.807) is 17.0 Å². The molecule has 1 amide bonds. The molecule has 0 aliphatic carbocycles. The summed E-state index contributed by atoms with van der Waals surface area (Å²) in [5.41, 5.74) is 1.01. The zero-order valence-electron chi connectivity index (χ0n) is 18.5. The smallest absolute Gasteiger partial charge is 0.254 e. The second-order valence-corrected chi connectivity index (χ2v) is 11.7. The van der Waals surface area contributed by atoms with Gasteiger partial charge < -0.3 is 9.64 Å². The summed E-state index contributed by atoms with van der Waals surface area (Å²) in [5.74, 6) is -0.0253. The fourth-order valence-corrected chi connectivity index (χ4v) is 6.41. The van der Waals surface area contributed by atoms with Crippen molar-refractivity contribution in [1.82, 2.24) is 4.90 Å². The van der Waals surface area contributed by atoms with E-state index in [0.29, 0.717) is 23.8 Å². The minimum absolute atomic E-state index is 0.0519. The van der Waals surface area contributed by atoms with Crippen LogP contribution in [-0.4, -0.2) is 43.4 Å². The number of carbonyl (C=O) groups excluding carboxylic acids is 1. The Kier molecular flexibility index (Phi) is 9.34. The number of rotatable bonds is 10. The number of carbonyl (C=O) groups is 1. The van der Waals surface area contributed by atoms with Crippen LogP contribution in [0.4, 0.5) is 0 Å². The molecule has 5 nitrogen and oxygen atoms in total. The number of nitrogens with zero attached hydrogens (tertiary/aromatic N) is 1. The Labute approximate surface area is 210 Å². The first kappa shape index (κ1) is 26.1. The van der Waals surface area contributed by atoms with Gasteiger partial charge in [0.25, 0.3) is 5.91 Å². The first-order valence-corrected chi connectivity index (χ1v) is 14.0. The molecule has 1 unspecified atom stereocenters. The lowest BCUT2D eigenvalue weighted by Gasteiger charge is -2.29. The standard InChI is InChI=1S/C24H28Cl3NO4S/c1-2-3-4-7-11-32-23-21(26)13-18(14-22(23)27)24(29)28(19-10-12-33(30,31)16-19)15-17-8-5-6-9-20(17)25/h5-6,8-9,13-14,19H,2-4,7,10-12,15-16H2,1H3. The summed E-state index contributed by atoms with van der Waals surface area (Å²) in [6.07, 6.45) is 4.59. The van der Waals surface area contributed by atoms with Crippen molar-refractivity contribution in [3.8, 4) is 5.75 Å². The normalized spacial score (nSPS) is 17.2. The Morgan fingerprint density at radius 1 is 1.06 bits per heavy atom. The van der Waals surface area contributed by atoms with E-state index in [9.17, 15) is 13.2 Å². The molecule has 1 saturated heterocycles. The molecule has 0 N–H and O–H groups in total. The Hall–Kier alpha value is -1.47. The lowest BCUT2D eigenvalue weighted by atomic mass is 10.1. The SMILES string of the molecule is CCCCCCOc1c(Cl)cc(C(=O)N(Cc2ccccc2Cl)C2CCS(=O)(=O)C2)cc1Cl. The van der Waals surface area contributed by atoms with Gasteiger partial charge in [-0.1, -0.05) is 79.2 Å².